The lowest BCUT2D eigenvalue weighted by Crippen LogP contribution is -2.70. The van der Waals surface area contributed by atoms with E-state index in [4.69, 9.17) is 9.47 Å². The number of carbonyl (C=O) groups is 4. The molecule has 0 saturated carbocycles. The molecule has 0 bridgehead atoms. The Balaban J connectivity index is 2.21. The smallest absolute Gasteiger partial charge is 0.355 e. The average Bonchev–Trinajstić information content (AvgIpc) is 2.72. The molecule has 1 N–H and O–H groups in total. The number of β-lactam (4-membered cyclic amide) rings is 1. The molecule has 2 rings (SSSR count). The Kier molecular flexibility index (Phi) is 8.71. The van der Waals surface area contributed by atoms with Crippen molar-refractivity contribution in [1.82, 2.24) is 10.2 Å². The number of esters is 1. The van der Waals surface area contributed by atoms with Gasteiger partial charge in [0.1, 0.15) is 28.5 Å². The predicted octanol–water partition coefficient (Wildman–Crippen LogP) is 3.27. The van der Waals surface area contributed by atoms with Gasteiger partial charge in [-0.05, 0) is 52.3 Å². The first-order valence-electron chi connectivity index (χ1n) is 10.7. The maximum Gasteiger partial charge on any atom is 0.355 e. The van der Waals surface area contributed by atoms with E-state index in [2.05, 4.69) is 5.32 Å². The minimum atomic E-state index is -0.971. The van der Waals surface area contributed by atoms with Crippen LogP contribution in [0.3, 0.4) is 0 Å². The highest BCUT2D eigenvalue weighted by molar-refractivity contribution is 8.14. The first-order chi connectivity index (χ1) is 15.3. The number of benzene rings is 1. The van der Waals surface area contributed by atoms with E-state index >= 15 is 0 Å². The molecule has 9 heteroatoms. The van der Waals surface area contributed by atoms with Gasteiger partial charge in [0, 0.05) is 5.92 Å². The highest BCUT2D eigenvalue weighted by Crippen LogP contribution is 2.37. The van der Waals surface area contributed by atoms with Crippen LogP contribution in [-0.4, -0.2) is 51.4 Å². The minimum Gasteiger partial charge on any atom is -0.484 e. The average molecular weight is 477 g/mol. The van der Waals surface area contributed by atoms with Gasteiger partial charge in [-0.1, -0.05) is 43.8 Å². The Labute approximate surface area is 199 Å². The number of likely N-dealkylation sites (tertiary alicyclic amines) is 1. The molecule has 1 aromatic carbocycles. The van der Waals surface area contributed by atoms with Gasteiger partial charge < -0.3 is 14.8 Å². The van der Waals surface area contributed by atoms with E-state index in [0.717, 1.165) is 11.8 Å². The summed E-state index contributed by atoms with van der Waals surface area (Å²) in [5.74, 6) is -1.42. The quantitative estimate of drug-likeness (QED) is 0.349. The van der Waals surface area contributed by atoms with Crippen LogP contribution in [0, 0.1) is 5.92 Å². The summed E-state index contributed by atoms with van der Waals surface area (Å²) in [6.45, 7) is 11.8. The third kappa shape index (κ3) is 7.08. The summed E-state index contributed by atoms with van der Waals surface area (Å²) >= 11 is 0.921. The monoisotopic (exact) mass is 476 g/mol. The number of nitrogens with zero attached hydrogens (tertiary/aromatic N) is 1. The van der Waals surface area contributed by atoms with Crippen molar-refractivity contribution in [2.45, 2.75) is 65.5 Å². The van der Waals surface area contributed by atoms with Gasteiger partial charge in [-0.25, -0.2) is 4.79 Å². The third-order valence-corrected chi connectivity index (χ3v) is 5.92. The number of hydrogen-bond donors (Lipinski definition) is 1. The van der Waals surface area contributed by atoms with E-state index in [9.17, 15) is 19.2 Å². The van der Waals surface area contributed by atoms with E-state index in [1.165, 1.54) is 4.90 Å². The van der Waals surface area contributed by atoms with Gasteiger partial charge in [0.05, 0.1) is 0 Å². The van der Waals surface area contributed by atoms with E-state index < -0.39 is 34.8 Å². The number of allylic oxidation sites excluding steroid dienone is 1. The Morgan fingerprint density at radius 2 is 1.73 bits per heavy atom. The molecular weight excluding hydrogens is 444 g/mol. The second-order valence-electron chi connectivity index (χ2n) is 9.19. The lowest BCUT2D eigenvalue weighted by atomic mass is 10.0. The SMILES string of the molecule is CC(C)=C(C(=O)OC(C)(C)C)N1C(=O)C(NC(=O)COc2ccccc2)[C@H]1SC(=O)C(C)C. The second kappa shape index (κ2) is 10.9. The molecule has 0 spiro atoms. The van der Waals surface area contributed by atoms with Crippen molar-refractivity contribution >= 4 is 34.7 Å². The molecule has 8 nitrogen and oxygen atoms in total. The Morgan fingerprint density at radius 3 is 2.24 bits per heavy atom. The van der Waals surface area contributed by atoms with Crippen molar-refractivity contribution < 1.29 is 28.7 Å². The summed E-state index contributed by atoms with van der Waals surface area (Å²) in [4.78, 5) is 52.1. The summed E-state index contributed by atoms with van der Waals surface area (Å²) in [5, 5.41) is 1.71. The molecular formula is C24H32N2O6S. The first kappa shape index (κ1) is 26.4. The number of thioether (sulfide) groups is 1. The predicted molar refractivity (Wildman–Crippen MR) is 126 cm³/mol. The zero-order chi connectivity index (χ0) is 24.9. The van der Waals surface area contributed by atoms with Crippen LogP contribution in [0.15, 0.2) is 41.6 Å². The number of rotatable bonds is 8. The van der Waals surface area contributed by atoms with Gasteiger partial charge in [-0.15, -0.1) is 0 Å². The van der Waals surface area contributed by atoms with Gasteiger partial charge in [-0.2, -0.15) is 0 Å². The largest absolute Gasteiger partial charge is 0.484 e. The lowest BCUT2D eigenvalue weighted by molar-refractivity contribution is -0.159. The van der Waals surface area contributed by atoms with Crippen molar-refractivity contribution in [1.29, 1.82) is 0 Å². The zero-order valence-electron chi connectivity index (χ0n) is 20.1. The Hall–Kier alpha value is -2.81. The van der Waals surface area contributed by atoms with Crippen molar-refractivity contribution in [3.05, 3.63) is 41.6 Å². The second-order valence-corrected chi connectivity index (χ2v) is 10.3. The molecule has 1 aliphatic heterocycles. The molecule has 2 atom stereocenters. The van der Waals surface area contributed by atoms with Crippen molar-refractivity contribution in [2.75, 3.05) is 6.61 Å². The van der Waals surface area contributed by atoms with Crippen molar-refractivity contribution in [3.8, 4) is 5.75 Å². The summed E-state index contributed by atoms with van der Waals surface area (Å²) in [7, 11) is 0. The van der Waals surface area contributed by atoms with Crippen LogP contribution >= 0.6 is 11.8 Å². The number of ether oxygens (including phenoxy) is 2. The Bertz CT molecular complexity index is 932. The Morgan fingerprint density at radius 1 is 1.12 bits per heavy atom. The van der Waals surface area contributed by atoms with Crippen LogP contribution in [0.25, 0.3) is 0 Å². The number of hydrogen-bond acceptors (Lipinski definition) is 7. The van der Waals surface area contributed by atoms with Crippen LogP contribution < -0.4 is 10.1 Å². The molecule has 0 aliphatic carbocycles. The van der Waals surface area contributed by atoms with Crippen molar-refractivity contribution in [2.24, 2.45) is 5.92 Å². The minimum absolute atomic E-state index is 0.0787. The van der Waals surface area contributed by atoms with Crippen molar-refractivity contribution in [3.63, 3.8) is 0 Å². The van der Waals surface area contributed by atoms with Crippen LogP contribution in [0.4, 0.5) is 0 Å². The normalized spacial score (nSPS) is 17.8. The molecule has 1 fully saturated rings. The molecule has 180 valence electrons. The van der Waals surface area contributed by atoms with Crippen LogP contribution in [0.2, 0.25) is 0 Å². The molecule has 1 aromatic rings. The first-order valence-corrected chi connectivity index (χ1v) is 11.6. The highest BCUT2D eigenvalue weighted by atomic mass is 32.2. The molecule has 1 heterocycles. The molecule has 1 aliphatic rings. The zero-order valence-corrected chi connectivity index (χ0v) is 20.9. The summed E-state index contributed by atoms with van der Waals surface area (Å²) in [5.41, 5.74) is -0.114. The standard InChI is InChI=1S/C24H32N2O6S/c1-14(2)19(22(29)32-24(5,6)7)26-20(28)18(21(26)33-23(30)15(3)4)25-17(27)13-31-16-11-9-8-10-12-16/h8-12,15,18,21H,13H2,1-7H3,(H,25,27)/t18?,21-/m1/s1. The van der Waals surface area contributed by atoms with Gasteiger partial charge >= 0.3 is 5.97 Å². The van der Waals surface area contributed by atoms with Gasteiger partial charge in [0.2, 0.25) is 0 Å². The van der Waals surface area contributed by atoms with Crippen LogP contribution in [-0.2, 0) is 23.9 Å². The van der Waals surface area contributed by atoms with E-state index in [0.29, 0.717) is 11.3 Å². The molecule has 1 unspecified atom stereocenters. The summed E-state index contributed by atoms with van der Waals surface area (Å²) in [6.07, 6.45) is 0. The molecule has 0 radical (unpaired) electrons. The van der Waals surface area contributed by atoms with E-state index in [1.807, 2.05) is 6.07 Å². The maximum atomic E-state index is 13.1. The fraction of sp³-hybridized carbons (Fsp3) is 0.500. The lowest BCUT2D eigenvalue weighted by Gasteiger charge is -2.47. The number of amides is 2. The highest BCUT2D eigenvalue weighted by Gasteiger charge is 2.53. The van der Waals surface area contributed by atoms with E-state index in [1.54, 1.807) is 72.7 Å². The number of carbonyl (C=O) groups excluding carboxylic acids is 4. The van der Waals surface area contributed by atoms with Crippen LogP contribution in [0.5, 0.6) is 5.75 Å². The summed E-state index contributed by atoms with van der Waals surface area (Å²) in [6, 6.07) is 7.84. The van der Waals surface area contributed by atoms with Gasteiger partial charge in [-0.3, -0.25) is 19.3 Å². The molecule has 33 heavy (non-hydrogen) atoms. The maximum absolute atomic E-state index is 13.1. The number of nitrogens with one attached hydrogen (secondary N) is 1. The van der Waals surface area contributed by atoms with Gasteiger partial charge in [0.25, 0.3) is 11.8 Å². The van der Waals surface area contributed by atoms with Crippen LogP contribution in [0.1, 0.15) is 48.5 Å². The molecule has 0 aromatic heterocycles. The van der Waals surface area contributed by atoms with Gasteiger partial charge in [0.15, 0.2) is 11.7 Å². The molecule has 2 amide bonds. The topological polar surface area (TPSA) is 102 Å². The third-order valence-electron chi connectivity index (χ3n) is 4.49. The van der Waals surface area contributed by atoms with E-state index in [-0.39, 0.29) is 23.3 Å². The fourth-order valence-electron chi connectivity index (χ4n) is 2.96. The number of para-hydroxylation sites is 1. The molecule has 1 saturated heterocycles. The summed E-state index contributed by atoms with van der Waals surface area (Å²) < 4.78 is 10.9. The fourth-order valence-corrected chi connectivity index (χ4v) is 4.11.